The van der Waals surface area contributed by atoms with Gasteiger partial charge in [0.15, 0.2) is 0 Å². The van der Waals surface area contributed by atoms with Gasteiger partial charge in [-0.05, 0) is 48.2 Å². The maximum absolute atomic E-state index is 4.60. The third-order valence-corrected chi connectivity index (χ3v) is 4.59. The van der Waals surface area contributed by atoms with Gasteiger partial charge in [0.25, 0.3) is 0 Å². The van der Waals surface area contributed by atoms with E-state index in [0.29, 0.717) is 6.04 Å². The predicted octanol–water partition coefficient (Wildman–Crippen LogP) is 3.35. The first-order valence-electron chi connectivity index (χ1n) is 7.46. The molecular weight excluding hydrogens is 258 g/mol. The molecule has 2 aromatic carbocycles. The van der Waals surface area contributed by atoms with Gasteiger partial charge in [-0.3, -0.25) is 0 Å². The molecule has 3 aromatic rings. The van der Waals surface area contributed by atoms with Crippen LogP contribution in [0.15, 0.2) is 42.7 Å². The molecule has 3 heteroatoms. The lowest BCUT2D eigenvalue weighted by Gasteiger charge is -2.28. The lowest BCUT2D eigenvalue weighted by Crippen LogP contribution is -2.31. The Labute approximate surface area is 124 Å². The highest BCUT2D eigenvalue weighted by molar-refractivity contribution is 5.77. The van der Waals surface area contributed by atoms with Crippen molar-refractivity contribution >= 4 is 11.0 Å². The van der Waals surface area contributed by atoms with Crippen molar-refractivity contribution in [3.63, 3.8) is 0 Å². The number of nitrogens with one attached hydrogen (secondary N) is 1. The fourth-order valence-electron chi connectivity index (χ4n) is 3.25. The normalized spacial score (nSPS) is 17.9. The second kappa shape index (κ2) is 4.71. The molecule has 1 aromatic heterocycles. The van der Waals surface area contributed by atoms with Gasteiger partial charge in [0, 0.05) is 13.1 Å². The van der Waals surface area contributed by atoms with Gasteiger partial charge in [-0.2, -0.15) is 0 Å². The topological polar surface area (TPSA) is 29.9 Å². The number of rotatable bonds is 1. The molecule has 0 amide bonds. The molecular formula is C18H19N3. The Morgan fingerprint density at radius 1 is 1.14 bits per heavy atom. The molecule has 1 atom stereocenters. The summed E-state index contributed by atoms with van der Waals surface area (Å²) in [6.07, 6.45) is 1.98. The molecule has 3 nitrogen and oxygen atoms in total. The van der Waals surface area contributed by atoms with Gasteiger partial charge in [-0.25, -0.2) is 4.98 Å². The fraction of sp³-hybridized carbons (Fsp3) is 0.278. The number of hydrogen-bond acceptors (Lipinski definition) is 2. The quantitative estimate of drug-likeness (QED) is 0.739. The summed E-state index contributed by atoms with van der Waals surface area (Å²) in [4.78, 5) is 4.60. The van der Waals surface area contributed by atoms with Gasteiger partial charge in [-0.15, -0.1) is 0 Å². The van der Waals surface area contributed by atoms with Crippen molar-refractivity contribution in [2.45, 2.75) is 26.4 Å². The Bertz CT molecular complexity index is 816. The minimum atomic E-state index is 0.321. The van der Waals surface area contributed by atoms with Crippen LogP contribution < -0.4 is 5.32 Å². The standard InChI is InChI=1S/C18H19N3/c1-12-7-16-17(8-13(12)2)21(11-20-16)18-10-19-9-14-5-3-4-6-15(14)18/h3-8,11,18-19H,9-10H2,1-2H3. The first kappa shape index (κ1) is 12.6. The van der Waals surface area contributed by atoms with Crippen LogP contribution >= 0.6 is 0 Å². The molecule has 0 saturated carbocycles. The van der Waals surface area contributed by atoms with E-state index in [0.717, 1.165) is 18.6 Å². The maximum Gasteiger partial charge on any atom is 0.0964 e. The van der Waals surface area contributed by atoms with Crippen LogP contribution in [0.5, 0.6) is 0 Å². The van der Waals surface area contributed by atoms with Crippen LogP contribution in [-0.4, -0.2) is 16.1 Å². The van der Waals surface area contributed by atoms with Crippen molar-refractivity contribution in [1.82, 2.24) is 14.9 Å². The van der Waals surface area contributed by atoms with Crippen LogP contribution in [0.25, 0.3) is 11.0 Å². The number of imidazole rings is 1. The molecule has 21 heavy (non-hydrogen) atoms. The molecule has 0 saturated heterocycles. The largest absolute Gasteiger partial charge is 0.322 e. The van der Waals surface area contributed by atoms with Crippen LogP contribution in [0.4, 0.5) is 0 Å². The van der Waals surface area contributed by atoms with Crippen molar-refractivity contribution in [3.05, 3.63) is 65.0 Å². The van der Waals surface area contributed by atoms with E-state index in [-0.39, 0.29) is 0 Å². The fourth-order valence-corrected chi connectivity index (χ4v) is 3.25. The highest BCUT2D eigenvalue weighted by Crippen LogP contribution is 2.29. The van der Waals surface area contributed by atoms with Gasteiger partial charge >= 0.3 is 0 Å². The second-order valence-electron chi connectivity index (χ2n) is 5.92. The molecule has 1 unspecified atom stereocenters. The highest BCUT2D eigenvalue weighted by Gasteiger charge is 2.22. The Morgan fingerprint density at radius 2 is 1.95 bits per heavy atom. The first-order valence-corrected chi connectivity index (χ1v) is 7.46. The molecule has 106 valence electrons. The highest BCUT2D eigenvalue weighted by atomic mass is 15.1. The average Bonchev–Trinajstić information content (AvgIpc) is 2.90. The van der Waals surface area contributed by atoms with Crippen LogP contribution in [0.1, 0.15) is 28.3 Å². The SMILES string of the molecule is Cc1cc2ncn(C3CNCc4ccccc43)c2cc1C. The smallest absolute Gasteiger partial charge is 0.0964 e. The third kappa shape index (κ3) is 1.96. The summed E-state index contributed by atoms with van der Waals surface area (Å²) in [6, 6.07) is 13.5. The van der Waals surface area contributed by atoms with Gasteiger partial charge in [0.1, 0.15) is 0 Å². The number of nitrogens with zero attached hydrogens (tertiary/aromatic N) is 2. The lowest BCUT2D eigenvalue weighted by molar-refractivity contribution is 0.495. The summed E-state index contributed by atoms with van der Waals surface area (Å²) in [5.41, 5.74) is 7.73. The Morgan fingerprint density at radius 3 is 2.86 bits per heavy atom. The maximum atomic E-state index is 4.60. The third-order valence-electron chi connectivity index (χ3n) is 4.59. The van der Waals surface area contributed by atoms with E-state index in [1.54, 1.807) is 0 Å². The van der Waals surface area contributed by atoms with E-state index in [1.165, 1.54) is 27.8 Å². The summed E-state index contributed by atoms with van der Waals surface area (Å²) in [6.45, 7) is 6.22. The van der Waals surface area contributed by atoms with Gasteiger partial charge in [0.2, 0.25) is 0 Å². The van der Waals surface area contributed by atoms with E-state index < -0.39 is 0 Å². The Balaban J connectivity index is 1.90. The molecule has 0 spiro atoms. The summed E-state index contributed by atoms with van der Waals surface area (Å²) < 4.78 is 2.31. The van der Waals surface area contributed by atoms with E-state index in [2.05, 4.69) is 65.1 Å². The van der Waals surface area contributed by atoms with Crippen molar-refractivity contribution in [3.8, 4) is 0 Å². The molecule has 0 aliphatic carbocycles. The van der Waals surface area contributed by atoms with Gasteiger partial charge in [-0.1, -0.05) is 24.3 Å². The van der Waals surface area contributed by atoms with Crippen LogP contribution in [0.2, 0.25) is 0 Å². The zero-order chi connectivity index (χ0) is 14.4. The summed E-state index contributed by atoms with van der Waals surface area (Å²) in [5, 5.41) is 3.52. The van der Waals surface area contributed by atoms with Gasteiger partial charge < -0.3 is 9.88 Å². The number of hydrogen-bond donors (Lipinski definition) is 1. The second-order valence-corrected chi connectivity index (χ2v) is 5.92. The summed E-state index contributed by atoms with van der Waals surface area (Å²) in [7, 11) is 0. The average molecular weight is 277 g/mol. The minimum Gasteiger partial charge on any atom is -0.322 e. The van der Waals surface area contributed by atoms with E-state index in [9.17, 15) is 0 Å². The van der Waals surface area contributed by atoms with Crippen LogP contribution in [0.3, 0.4) is 0 Å². The molecule has 1 aliphatic rings. The molecule has 0 radical (unpaired) electrons. The van der Waals surface area contributed by atoms with E-state index in [1.807, 2.05) is 6.33 Å². The Kier molecular flexibility index (Phi) is 2.82. The molecule has 1 N–H and O–H groups in total. The molecule has 1 aliphatic heterocycles. The zero-order valence-corrected chi connectivity index (χ0v) is 12.4. The lowest BCUT2D eigenvalue weighted by atomic mass is 9.96. The predicted molar refractivity (Wildman–Crippen MR) is 85.5 cm³/mol. The van der Waals surface area contributed by atoms with E-state index in [4.69, 9.17) is 0 Å². The van der Waals surface area contributed by atoms with Crippen LogP contribution in [0, 0.1) is 13.8 Å². The van der Waals surface area contributed by atoms with Crippen LogP contribution in [-0.2, 0) is 6.54 Å². The first-order chi connectivity index (χ1) is 10.2. The Hall–Kier alpha value is -2.13. The zero-order valence-electron chi connectivity index (χ0n) is 12.4. The molecule has 4 rings (SSSR count). The molecule has 2 heterocycles. The number of aryl methyl sites for hydroxylation is 2. The minimum absolute atomic E-state index is 0.321. The summed E-state index contributed by atoms with van der Waals surface area (Å²) in [5.74, 6) is 0. The summed E-state index contributed by atoms with van der Waals surface area (Å²) >= 11 is 0. The van der Waals surface area contributed by atoms with Crippen molar-refractivity contribution in [2.75, 3.05) is 6.54 Å². The number of benzene rings is 2. The number of aromatic nitrogens is 2. The van der Waals surface area contributed by atoms with Crippen molar-refractivity contribution < 1.29 is 0 Å². The monoisotopic (exact) mass is 277 g/mol. The number of fused-ring (bicyclic) bond motifs is 2. The van der Waals surface area contributed by atoms with Crippen molar-refractivity contribution in [2.24, 2.45) is 0 Å². The van der Waals surface area contributed by atoms with E-state index >= 15 is 0 Å². The van der Waals surface area contributed by atoms with Gasteiger partial charge in [0.05, 0.1) is 23.4 Å². The molecule has 0 fully saturated rings. The van der Waals surface area contributed by atoms with Crippen molar-refractivity contribution in [1.29, 1.82) is 0 Å². The molecule has 0 bridgehead atoms.